The van der Waals surface area contributed by atoms with Gasteiger partial charge in [-0.05, 0) is 74.1 Å². The first-order valence-corrected chi connectivity index (χ1v) is 13.4. The Kier molecular flexibility index (Phi) is 7.62. The molecule has 0 saturated heterocycles. The van der Waals surface area contributed by atoms with E-state index >= 15 is 0 Å². The molecule has 0 unspecified atom stereocenters. The van der Waals surface area contributed by atoms with E-state index in [0.717, 1.165) is 53.7 Å². The molecule has 0 atom stereocenters. The minimum Gasteiger partial charge on any atom is -0.490 e. The Morgan fingerprint density at radius 1 is 1.09 bits per heavy atom. The number of aromatic nitrogens is 1. The van der Waals surface area contributed by atoms with E-state index in [1.54, 1.807) is 11.3 Å². The van der Waals surface area contributed by atoms with Gasteiger partial charge < -0.3 is 14.7 Å². The number of carbonyl (C=O) groups is 1. The number of carboxylic acid groups (broad SMARTS) is 1. The van der Waals surface area contributed by atoms with Crippen LogP contribution in [-0.4, -0.2) is 34.8 Å². The number of anilines is 1. The summed E-state index contributed by atoms with van der Waals surface area (Å²) < 4.78 is 6.29. The largest absolute Gasteiger partial charge is 0.490 e. The van der Waals surface area contributed by atoms with Gasteiger partial charge in [-0.1, -0.05) is 33.6 Å². The van der Waals surface area contributed by atoms with Crippen molar-refractivity contribution >= 4 is 22.4 Å². The number of ether oxygens (including phenoxy) is 1. The molecular weight excluding hydrogens is 432 g/mol. The maximum absolute atomic E-state index is 11.2. The van der Waals surface area contributed by atoms with Crippen LogP contribution in [0, 0.1) is 11.3 Å². The SMILES string of the molecule is CC(C)(C)C1CCC(Oc2ccc(-c3csc(N(CCC(=O)O)C4CCCC4)n3)cc2)CC1. The van der Waals surface area contributed by atoms with Crippen LogP contribution in [0.3, 0.4) is 0 Å². The van der Waals surface area contributed by atoms with E-state index < -0.39 is 5.97 Å². The number of rotatable bonds is 8. The lowest BCUT2D eigenvalue weighted by Crippen LogP contribution is -2.35. The lowest BCUT2D eigenvalue weighted by molar-refractivity contribution is -0.136. The summed E-state index contributed by atoms with van der Waals surface area (Å²) in [7, 11) is 0. The molecule has 1 heterocycles. The van der Waals surface area contributed by atoms with E-state index in [4.69, 9.17) is 9.72 Å². The van der Waals surface area contributed by atoms with Crippen molar-refractivity contribution in [2.75, 3.05) is 11.4 Å². The van der Waals surface area contributed by atoms with Crippen molar-refractivity contribution in [2.24, 2.45) is 11.3 Å². The molecule has 2 aliphatic rings. The van der Waals surface area contributed by atoms with E-state index in [2.05, 4.69) is 55.3 Å². The first-order chi connectivity index (χ1) is 15.8. The highest BCUT2D eigenvalue weighted by Gasteiger charge is 2.30. The van der Waals surface area contributed by atoms with Gasteiger partial charge in [-0.25, -0.2) is 4.98 Å². The van der Waals surface area contributed by atoms with Gasteiger partial charge in [0.05, 0.1) is 18.2 Å². The summed E-state index contributed by atoms with van der Waals surface area (Å²) in [5, 5.41) is 12.2. The number of aliphatic carboxylic acids is 1. The fourth-order valence-electron chi connectivity index (χ4n) is 5.34. The Bertz CT molecular complexity index is 904. The molecule has 1 aromatic heterocycles. The molecule has 0 spiro atoms. The second-order valence-corrected chi connectivity index (χ2v) is 11.6. The molecule has 2 aliphatic carbocycles. The molecule has 0 radical (unpaired) electrons. The third-order valence-corrected chi connectivity index (χ3v) is 8.30. The zero-order chi connectivity index (χ0) is 23.4. The van der Waals surface area contributed by atoms with Crippen LogP contribution in [0.5, 0.6) is 5.75 Å². The molecule has 1 aromatic carbocycles. The average molecular weight is 471 g/mol. The molecule has 0 bridgehead atoms. The average Bonchev–Trinajstić information content (AvgIpc) is 3.47. The van der Waals surface area contributed by atoms with Gasteiger partial charge in [0.15, 0.2) is 5.13 Å². The monoisotopic (exact) mass is 470 g/mol. The number of benzene rings is 1. The van der Waals surface area contributed by atoms with E-state index in [9.17, 15) is 9.90 Å². The first-order valence-electron chi connectivity index (χ1n) is 12.5. The van der Waals surface area contributed by atoms with Gasteiger partial charge in [-0.3, -0.25) is 4.79 Å². The Morgan fingerprint density at radius 2 is 1.76 bits per heavy atom. The predicted octanol–water partition coefficient (Wildman–Crippen LogP) is 7.02. The lowest BCUT2D eigenvalue weighted by atomic mass is 9.72. The summed E-state index contributed by atoms with van der Waals surface area (Å²) in [4.78, 5) is 18.3. The Hall–Kier alpha value is -2.08. The van der Waals surface area contributed by atoms with Gasteiger partial charge >= 0.3 is 5.97 Å². The molecule has 0 amide bonds. The number of hydrogen-bond donors (Lipinski definition) is 1. The van der Waals surface area contributed by atoms with Gasteiger partial charge in [0, 0.05) is 23.5 Å². The fraction of sp³-hybridized carbons (Fsp3) is 0.630. The zero-order valence-corrected chi connectivity index (χ0v) is 21.1. The van der Waals surface area contributed by atoms with Crippen LogP contribution in [0.2, 0.25) is 0 Å². The van der Waals surface area contributed by atoms with Crippen molar-refractivity contribution in [3.05, 3.63) is 29.6 Å². The van der Waals surface area contributed by atoms with Gasteiger partial charge in [-0.2, -0.15) is 0 Å². The second-order valence-electron chi connectivity index (χ2n) is 10.8. The Morgan fingerprint density at radius 3 is 2.36 bits per heavy atom. The standard InChI is InChI=1S/C27H38N2O3S/c1-27(2,3)20-10-14-23(15-11-20)32-22-12-8-19(9-13-22)24-18-33-26(28-24)29(17-16-25(30)31)21-6-4-5-7-21/h8-9,12-13,18,20-21,23H,4-7,10-11,14-17H2,1-3H3,(H,30,31). The van der Waals surface area contributed by atoms with E-state index in [-0.39, 0.29) is 6.42 Å². The number of hydrogen-bond acceptors (Lipinski definition) is 5. The molecule has 180 valence electrons. The zero-order valence-electron chi connectivity index (χ0n) is 20.3. The minimum atomic E-state index is -0.753. The second kappa shape index (κ2) is 10.5. The smallest absolute Gasteiger partial charge is 0.305 e. The fourth-order valence-corrected chi connectivity index (χ4v) is 6.27. The predicted molar refractivity (Wildman–Crippen MR) is 135 cm³/mol. The van der Waals surface area contributed by atoms with Crippen molar-refractivity contribution in [3.8, 4) is 17.0 Å². The normalized spacial score (nSPS) is 21.8. The quantitative estimate of drug-likeness (QED) is 0.449. The summed E-state index contributed by atoms with van der Waals surface area (Å²) in [6.07, 6.45) is 9.89. The summed E-state index contributed by atoms with van der Waals surface area (Å²) >= 11 is 1.62. The maximum Gasteiger partial charge on any atom is 0.305 e. The molecule has 4 rings (SSSR count). The molecule has 0 aliphatic heterocycles. The van der Waals surface area contributed by atoms with Crippen LogP contribution >= 0.6 is 11.3 Å². The highest BCUT2D eigenvalue weighted by atomic mass is 32.1. The van der Waals surface area contributed by atoms with Crippen LogP contribution in [0.15, 0.2) is 29.6 Å². The van der Waals surface area contributed by atoms with Crippen LogP contribution in [-0.2, 0) is 4.79 Å². The van der Waals surface area contributed by atoms with E-state index in [1.807, 2.05) is 0 Å². The molecule has 33 heavy (non-hydrogen) atoms. The molecule has 5 nitrogen and oxygen atoms in total. The minimum absolute atomic E-state index is 0.148. The van der Waals surface area contributed by atoms with E-state index in [1.165, 1.54) is 25.7 Å². The van der Waals surface area contributed by atoms with Crippen molar-refractivity contribution in [3.63, 3.8) is 0 Å². The highest BCUT2D eigenvalue weighted by Crippen LogP contribution is 2.39. The number of carboxylic acids is 1. The molecule has 1 N–H and O–H groups in total. The topological polar surface area (TPSA) is 62.7 Å². The number of nitrogens with zero attached hydrogens (tertiary/aromatic N) is 2. The summed E-state index contributed by atoms with van der Waals surface area (Å²) in [5.41, 5.74) is 2.41. The van der Waals surface area contributed by atoms with Crippen LogP contribution < -0.4 is 9.64 Å². The first kappa shape index (κ1) is 24.1. The van der Waals surface area contributed by atoms with Crippen molar-refractivity contribution in [1.82, 2.24) is 4.98 Å². The van der Waals surface area contributed by atoms with Gasteiger partial charge in [-0.15, -0.1) is 11.3 Å². The van der Waals surface area contributed by atoms with Crippen molar-refractivity contribution < 1.29 is 14.6 Å². The van der Waals surface area contributed by atoms with Crippen LogP contribution in [0.1, 0.15) is 78.6 Å². The van der Waals surface area contributed by atoms with Gasteiger partial charge in [0.25, 0.3) is 0 Å². The third kappa shape index (κ3) is 6.28. The lowest BCUT2D eigenvalue weighted by Gasteiger charge is -2.36. The molecule has 2 fully saturated rings. The van der Waals surface area contributed by atoms with E-state index in [0.29, 0.717) is 24.1 Å². The van der Waals surface area contributed by atoms with Crippen LogP contribution in [0.4, 0.5) is 5.13 Å². The molecule has 6 heteroatoms. The third-order valence-electron chi connectivity index (χ3n) is 7.42. The van der Waals surface area contributed by atoms with Gasteiger partial charge in [0.1, 0.15) is 5.75 Å². The summed E-state index contributed by atoms with van der Waals surface area (Å²) in [6.45, 7) is 7.57. The van der Waals surface area contributed by atoms with Crippen LogP contribution in [0.25, 0.3) is 11.3 Å². The molecular formula is C27H38N2O3S. The highest BCUT2D eigenvalue weighted by molar-refractivity contribution is 7.14. The Balaban J connectivity index is 1.37. The summed E-state index contributed by atoms with van der Waals surface area (Å²) in [6, 6.07) is 8.71. The van der Waals surface area contributed by atoms with Crippen molar-refractivity contribution in [2.45, 2.75) is 90.7 Å². The number of thiazole rings is 1. The molecule has 2 aromatic rings. The molecule has 2 saturated carbocycles. The van der Waals surface area contributed by atoms with Crippen molar-refractivity contribution in [1.29, 1.82) is 0 Å². The summed E-state index contributed by atoms with van der Waals surface area (Å²) in [5.74, 6) is 0.970. The van der Waals surface area contributed by atoms with Gasteiger partial charge in [0.2, 0.25) is 0 Å². The maximum atomic E-state index is 11.2. The Labute approximate surface area is 202 Å².